The number of nitrogens with one attached hydrogen (secondary N) is 2. The SMILES string of the molecule is C[C@@H]1CNC2CNN(C(F)F)C2C2CCCC(C2)[C@@H](n2cnc(-c3cc(Cl)ccc3-n3cc(Cl)nn3)cc2=O)CCC1F. The molecule has 3 fully saturated rings. The van der Waals surface area contributed by atoms with Crippen LogP contribution >= 0.6 is 23.2 Å². The average molecular weight is 640 g/mol. The summed E-state index contributed by atoms with van der Waals surface area (Å²) in [6.07, 6.45) is 5.91. The van der Waals surface area contributed by atoms with E-state index in [1.54, 1.807) is 29.0 Å². The third-order valence-corrected chi connectivity index (χ3v) is 9.83. The number of hydrogen-bond donors (Lipinski definition) is 2. The zero-order chi connectivity index (χ0) is 30.2. The van der Waals surface area contributed by atoms with Crippen molar-refractivity contribution in [2.75, 3.05) is 13.1 Å². The number of benzene rings is 1. The first kappa shape index (κ1) is 30.5. The Balaban J connectivity index is 1.35. The second-order valence-corrected chi connectivity index (χ2v) is 12.9. The van der Waals surface area contributed by atoms with E-state index in [0.717, 1.165) is 24.3 Å². The third kappa shape index (κ3) is 6.35. The van der Waals surface area contributed by atoms with Gasteiger partial charge in [0.2, 0.25) is 0 Å². The minimum absolute atomic E-state index is 0.00473. The summed E-state index contributed by atoms with van der Waals surface area (Å²) >= 11 is 12.3. The highest BCUT2D eigenvalue weighted by Gasteiger charge is 2.46. The first-order chi connectivity index (χ1) is 20.7. The van der Waals surface area contributed by atoms with Gasteiger partial charge in [-0.3, -0.25) is 9.36 Å². The van der Waals surface area contributed by atoms with E-state index in [1.807, 2.05) is 6.92 Å². The standard InChI is InChI=1S/C29H35Cl2F3N8O/c1-16-12-35-23-13-37-42(29(33)34)28(23)18-4-2-3-17(9-18)24(8-6-21(16)32)40-15-36-22(11-27(40)43)20-10-19(30)5-7-25(20)41-14-26(31)38-39-41/h5,7,10-11,14-18,21,23-24,28-29,35,37H,2-4,6,8-9,12-13H2,1H3/t16-,17?,18?,21?,23?,24+,28?/m1/s1. The number of alkyl halides is 3. The fourth-order valence-electron chi connectivity index (χ4n) is 7.26. The van der Waals surface area contributed by atoms with Crippen molar-refractivity contribution in [3.63, 3.8) is 0 Å². The Morgan fingerprint density at radius 2 is 1.88 bits per heavy atom. The zero-order valence-electron chi connectivity index (χ0n) is 23.7. The molecule has 2 aliphatic heterocycles. The van der Waals surface area contributed by atoms with Gasteiger partial charge in [-0.1, -0.05) is 41.8 Å². The predicted molar refractivity (Wildman–Crippen MR) is 158 cm³/mol. The highest BCUT2D eigenvalue weighted by atomic mass is 35.5. The summed E-state index contributed by atoms with van der Waals surface area (Å²) in [7, 11) is 0. The van der Waals surface area contributed by atoms with Crippen molar-refractivity contribution in [2.45, 2.75) is 76.3 Å². The normalized spacial score (nSPS) is 30.5. The molecule has 2 N–H and O–H groups in total. The van der Waals surface area contributed by atoms with Crippen LogP contribution in [-0.2, 0) is 0 Å². The molecule has 14 heteroatoms. The molecule has 0 spiro atoms. The van der Waals surface area contributed by atoms with Crippen molar-refractivity contribution in [1.82, 2.24) is 40.3 Å². The fourth-order valence-corrected chi connectivity index (χ4v) is 7.56. The van der Waals surface area contributed by atoms with Crippen LogP contribution < -0.4 is 16.3 Å². The lowest BCUT2D eigenvalue weighted by Gasteiger charge is -2.42. The first-order valence-electron chi connectivity index (χ1n) is 14.8. The Morgan fingerprint density at radius 1 is 1.07 bits per heavy atom. The first-order valence-corrected chi connectivity index (χ1v) is 15.6. The summed E-state index contributed by atoms with van der Waals surface area (Å²) in [5.74, 6) is -0.277. The monoisotopic (exact) mass is 638 g/mol. The summed E-state index contributed by atoms with van der Waals surface area (Å²) in [6.45, 7) is -0.0246. The molecule has 4 heterocycles. The molecule has 43 heavy (non-hydrogen) atoms. The average Bonchev–Trinajstić information content (AvgIpc) is 3.62. The lowest BCUT2D eigenvalue weighted by atomic mass is 9.72. The Hall–Kier alpha value is -2.51. The van der Waals surface area contributed by atoms with Crippen molar-refractivity contribution < 1.29 is 13.2 Å². The van der Waals surface area contributed by atoms with Crippen LogP contribution in [0, 0.1) is 17.8 Å². The molecule has 0 radical (unpaired) electrons. The van der Waals surface area contributed by atoms with E-state index in [9.17, 15) is 13.6 Å². The Bertz CT molecular complexity index is 1490. The number of rotatable bonds is 4. The third-order valence-electron chi connectivity index (χ3n) is 9.42. The molecule has 1 aliphatic carbocycles. The largest absolute Gasteiger partial charge is 0.311 e. The van der Waals surface area contributed by atoms with Crippen LogP contribution in [0.4, 0.5) is 13.2 Å². The van der Waals surface area contributed by atoms with Gasteiger partial charge in [-0.15, -0.1) is 5.10 Å². The highest BCUT2D eigenvalue weighted by Crippen LogP contribution is 2.42. The molecule has 0 amide bonds. The fraction of sp³-hybridized carbons (Fsp3) is 0.586. The molecule has 2 saturated heterocycles. The lowest BCUT2D eigenvalue weighted by molar-refractivity contribution is -0.0859. The molecule has 3 aliphatic rings. The second-order valence-electron chi connectivity index (χ2n) is 12.0. The van der Waals surface area contributed by atoms with Crippen LogP contribution in [0.2, 0.25) is 10.2 Å². The lowest BCUT2D eigenvalue weighted by Crippen LogP contribution is -2.53. The van der Waals surface area contributed by atoms with Crippen LogP contribution in [0.1, 0.15) is 51.5 Å². The van der Waals surface area contributed by atoms with Gasteiger partial charge >= 0.3 is 6.55 Å². The van der Waals surface area contributed by atoms with Gasteiger partial charge in [-0.05, 0) is 68.1 Å². The molecule has 9 nitrogen and oxygen atoms in total. The van der Waals surface area contributed by atoms with E-state index < -0.39 is 18.8 Å². The number of hydrazine groups is 1. The maximum Gasteiger partial charge on any atom is 0.307 e. The van der Waals surface area contributed by atoms with Crippen LogP contribution in [-0.4, -0.2) is 67.4 Å². The summed E-state index contributed by atoms with van der Waals surface area (Å²) in [5, 5.41) is 13.0. The Morgan fingerprint density at radius 3 is 2.63 bits per heavy atom. The number of halogens is 5. The van der Waals surface area contributed by atoms with Crippen LogP contribution in [0.15, 0.2) is 41.6 Å². The minimum atomic E-state index is -2.64. The van der Waals surface area contributed by atoms with Crippen molar-refractivity contribution in [2.24, 2.45) is 17.8 Å². The predicted octanol–water partition coefficient (Wildman–Crippen LogP) is 5.28. The molecular formula is C29H35Cl2F3N8O. The van der Waals surface area contributed by atoms with Gasteiger partial charge in [0, 0.05) is 47.9 Å². The van der Waals surface area contributed by atoms with Gasteiger partial charge in [0.25, 0.3) is 5.56 Å². The van der Waals surface area contributed by atoms with E-state index in [4.69, 9.17) is 23.2 Å². The van der Waals surface area contributed by atoms with Gasteiger partial charge in [-0.2, -0.15) is 13.8 Å². The van der Waals surface area contributed by atoms with Gasteiger partial charge in [0.15, 0.2) is 5.15 Å². The van der Waals surface area contributed by atoms with Gasteiger partial charge in [0.1, 0.15) is 6.17 Å². The summed E-state index contributed by atoms with van der Waals surface area (Å²) in [5.41, 5.74) is 4.19. The zero-order valence-corrected chi connectivity index (χ0v) is 25.2. The van der Waals surface area contributed by atoms with E-state index >= 15 is 4.39 Å². The molecule has 2 aromatic heterocycles. The Labute approximate surface area is 257 Å². The molecule has 232 valence electrons. The van der Waals surface area contributed by atoms with Crippen molar-refractivity contribution in [1.29, 1.82) is 0 Å². The van der Waals surface area contributed by atoms with Gasteiger partial charge in [0.05, 0.1) is 23.9 Å². The smallest absolute Gasteiger partial charge is 0.307 e. The number of hydrogen-bond acceptors (Lipinski definition) is 7. The Kier molecular flexibility index (Phi) is 9.11. The molecule has 2 bridgehead atoms. The summed E-state index contributed by atoms with van der Waals surface area (Å²) in [6, 6.07) is 5.66. The van der Waals surface area contributed by atoms with E-state index in [1.165, 1.54) is 17.1 Å². The maximum absolute atomic E-state index is 15.4. The second kappa shape index (κ2) is 12.8. The molecule has 6 rings (SSSR count). The van der Waals surface area contributed by atoms with Gasteiger partial charge in [-0.25, -0.2) is 19.5 Å². The van der Waals surface area contributed by atoms with E-state index in [2.05, 4.69) is 26.0 Å². The molecular weight excluding hydrogens is 604 g/mol. The highest BCUT2D eigenvalue weighted by molar-refractivity contribution is 6.31. The maximum atomic E-state index is 15.4. The van der Waals surface area contributed by atoms with Crippen LogP contribution in [0.5, 0.6) is 0 Å². The topological polar surface area (TPSA) is 92.9 Å². The quantitative estimate of drug-likeness (QED) is 0.376. The van der Waals surface area contributed by atoms with Crippen molar-refractivity contribution >= 4 is 23.2 Å². The number of fused-ring (bicyclic) bond motifs is 4. The number of nitrogens with zero attached hydrogens (tertiary/aromatic N) is 6. The van der Waals surface area contributed by atoms with Crippen molar-refractivity contribution in [3.05, 3.63) is 57.3 Å². The minimum Gasteiger partial charge on any atom is -0.311 e. The molecule has 5 unspecified atom stereocenters. The van der Waals surface area contributed by atoms with Crippen molar-refractivity contribution in [3.8, 4) is 16.9 Å². The van der Waals surface area contributed by atoms with E-state index in [-0.39, 0.29) is 40.5 Å². The summed E-state index contributed by atoms with van der Waals surface area (Å²) in [4.78, 5) is 18.4. The van der Waals surface area contributed by atoms with Gasteiger partial charge < -0.3 is 5.32 Å². The molecule has 3 aromatic rings. The van der Waals surface area contributed by atoms with Crippen LogP contribution in [0.25, 0.3) is 16.9 Å². The molecule has 1 saturated carbocycles. The van der Waals surface area contributed by atoms with E-state index in [0.29, 0.717) is 54.3 Å². The van der Waals surface area contributed by atoms with Crippen LogP contribution in [0.3, 0.4) is 0 Å². The summed E-state index contributed by atoms with van der Waals surface area (Å²) < 4.78 is 46.7. The molecule has 1 aromatic carbocycles. The molecule has 7 atom stereocenters. The number of aromatic nitrogens is 5.